The highest BCUT2D eigenvalue weighted by Gasteiger charge is 2.43. The van der Waals surface area contributed by atoms with Crippen LogP contribution < -0.4 is 5.43 Å². The van der Waals surface area contributed by atoms with Crippen LogP contribution in [0.1, 0.15) is 38.5 Å². The molecule has 0 aliphatic heterocycles. The van der Waals surface area contributed by atoms with Gasteiger partial charge in [-0.1, -0.05) is 0 Å². The number of halogens is 3. The summed E-state index contributed by atoms with van der Waals surface area (Å²) in [6, 6.07) is 3.25. The highest BCUT2D eigenvalue weighted by molar-refractivity contribution is 14.1. The molecule has 3 rings (SSSR count). The molecule has 0 amide bonds. The molecule has 1 aromatic rings. The lowest BCUT2D eigenvalue weighted by Crippen LogP contribution is -2.16. The number of rotatable bonds is 2. The van der Waals surface area contributed by atoms with Gasteiger partial charge in [-0.25, -0.2) is 4.39 Å². The number of hydrogen-bond acceptors (Lipinski definition) is 2. The molecule has 0 atom stereocenters. The van der Waals surface area contributed by atoms with Crippen molar-refractivity contribution in [2.75, 3.05) is 5.43 Å². The van der Waals surface area contributed by atoms with E-state index in [-0.39, 0.29) is 5.82 Å². The highest BCUT2D eigenvalue weighted by atomic mass is 127. The Morgan fingerprint density at radius 3 is 2.53 bits per heavy atom. The maximum atomic E-state index is 13.3. The smallest absolute Gasteiger partial charge is 0.138 e. The van der Waals surface area contributed by atoms with Gasteiger partial charge in [-0.3, -0.25) is 5.43 Å². The Hall–Kier alpha value is -0.170. The molecule has 1 spiro atoms. The van der Waals surface area contributed by atoms with Crippen LogP contribution in [0.4, 0.5) is 10.1 Å². The van der Waals surface area contributed by atoms with Gasteiger partial charge in [0.05, 0.1) is 10.2 Å². The van der Waals surface area contributed by atoms with Crippen molar-refractivity contribution in [1.82, 2.24) is 0 Å². The fourth-order valence-corrected chi connectivity index (χ4v) is 3.50. The normalized spacial score (nSPS) is 20.5. The van der Waals surface area contributed by atoms with Gasteiger partial charge in [0.25, 0.3) is 0 Å². The van der Waals surface area contributed by atoms with Gasteiger partial charge < -0.3 is 0 Å². The minimum absolute atomic E-state index is 0.240. The first-order valence-electron chi connectivity index (χ1n) is 6.54. The summed E-state index contributed by atoms with van der Waals surface area (Å²) in [4.78, 5) is 0. The van der Waals surface area contributed by atoms with Gasteiger partial charge in [0.2, 0.25) is 0 Å². The van der Waals surface area contributed by atoms with Crippen molar-refractivity contribution in [3.05, 3.63) is 26.0 Å². The zero-order valence-corrected chi connectivity index (χ0v) is 14.2. The molecule has 0 unspecified atom stereocenters. The van der Waals surface area contributed by atoms with Gasteiger partial charge in [0, 0.05) is 9.28 Å². The summed E-state index contributed by atoms with van der Waals surface area (Å²) in [5.41, 5.74) is 5.87. The summed E-state index contributed by atoms with van der Waals surface area (Å²) in [5, 5.41) is 4.50. The molecule has 19 heavy (non-hydrogen) atoms. The number of hydrazone groups is 1. The van der Waals surface area contributed by atoms with Crippen LogP contribution in [0.5, 0.6) is 0 Å². The van der Waals surface area contributed by atoms with Crippen molar-refractivity contribution >= 4 is 49.9 Å². The predicted molar refractivity (Wildman–Crippen MR) is 88.0 cm³/mol. The fourth-order valence-electron chi connectivity index (χ4n) is 2.61. The summed E-state index contributed by atoms with van der Waals surface area (Å²) in [7, 11) is 0. The molecular formula is C14H15BrFIN2. The molecule has 0 heterocycles. The Bertz CT molecular complexity index is 528. The zero-order chi connectivity index (χ0) is 13.5. The van der Waals surface area contributed by atoms with Gasteiger partial charge in [-0.15, -0.1) is 0 Å². The van der Waals surface area contributed by atoms with E-state index < -0.39 is 0 Å². The molecule has 1 aromatic carbocycles. The van der Waals surface area contributed by atoms with E-state index in [1.54, 1.807) is 6.07 Å². The second kappa shape index (κ2) is 5.31. The third-order valence-electron chi connectivity index (χ3n) is 4.19. The minimum Gasteiger partial charge on any atom is -0.277 e. The van der Waals surface area contributed by atoms with Crippen LogP contribution >= 0.6 is 38.5 Å². The van der Waals surface area contributed by atoms with Crippen LogP contribution in [0.3, 0.4) is 0 Å². The molecular weight excluding hydrogens is 422 g/mol. The first kappa shape index (κ1) is 13.8. The maximum Gasteiger partial charge on any atom is 0.138 e. The molecule has 2 aliphatic carbocycles. The Morgan fingerprint density at radius 2 is 1.89 bits per heavy atom. The summed E-state index contributed by atoms with van der Waals surface area (Å²) in [6.45, 7) is 0. The predicted octanol–water partition coefficient (Wildman–Crippen LogP) is 5.31. The molecule has 0 radical (unpaired) electrons. The Morgan fingerprint density at radius 1 is 1.21 bits per heavy atom. The van der Waals surface area contributed by atoms with Gasteiger partial charge in [-0.05, 0) is 94.6 Å². The third kappa shape index (κ3) is 3.12. The van der Waals surface area contributed by atoms with Crippen molar-refractivity contribution in [2.45, 2.75) is 38.5 Å². The quantitative estimate of drug-likeness (QED) is 0.379. The number of nitrogens with one attached hydrogen (secondary N) is 1. The highest BCUT2D eigenvalue weighted by Crippen LogP contribution is 2.55. The first-order valence-corrected chi connectivity index (χ1v) is 8.41. The monoisotopic (exact) mass is 436 g/mol. The Balaban J connectivity index is 1.67. The fraction of sp³-hybridized carbons (Fsp3) is 0.500. The number of nitrogens with zero attached hydrogens (tertiary/aromatic N) is 1. The van der Waals surface area contributed by atoms with Crippen LogP contribution in [-0.2, 0) is 0 Å². The number of anilines is 1. The molecule has 1 N–H and O–H groups in total. The molecule has 102 valence electrons. The maximum absolute atomic E-state index is 13.3. The lowest BCUT2D eigenvalue weighted by Gasteiger charge is -2.22. The second-order valence-corrected chi connectivity index (χ2v) is 7.55. The third-order valence-corrected chi connectivity index (χ3v) is 5.69. The van der Waals surface area contributed by atoms with E-state index in [1.807, 2.05) is 0 Å². The van der Waals surface area contributed by atoms with E-state index >= 15 is 0 Å². The zero-order valence-electron chi connectivity index (χ0n) is 10.5. The first-order chi connectivity index (χ1) is 9.08. The average Bonchev–Trinajstić information content (AvgIpc) is 3.14. The van der Waals surface area contributed by atoms with Crippen molar-refractivity contribution in [1.29, 1.82) is 0 Å². The summed E-state index contributed by atoms with van der Waals surface area (Å²) < 4.78 is 14.6. The van der Waals surface area contributed by atoms with E-state index in [2.05, 4.69) is 49.0 Å². The SMILES string of the molecule is Fc1cc(I)c(NN=C2CCC3(CC2)CC3)cc1Br. The molecule has 2 aliphatic rings. The van der Waals surface area contributed by atoms with Crippen molar-refractivity contribution in [2.24, 2.45) is 10.5 Å². The number of benzene rings is 1. The van der Waals surface area contributed by atoms with Gasteiger partial charge in [0.15, 0.2) is 0 Å². The topological polar surface area (TPSA) is 24.4 Å². The second-order valence-electron chi connectivity index (χ2n) is 5.54. The van der Waals surface area contributed by atoms with Crippen LogP contribution in [-0.4, -0.2) is 5.71 Å². The average molecular weight is 437 g/mol. The van der Waals surface area contributed by atoms with E-state index in [1.165, 1.54) is 37.5 Å². The lowest BCUT2D eigenvalue weighted by molar-refractivity contribution is 0.420. The van der Waals surface area contributed by atoms with Gasteiger partial charge >= 0.3 is 0 Å². The summed E-state index contributed by atoms with van der Waals surface area (Å²) in [6.07, 6.45) is 7.61. The largest absolute Gasteiger partial charge is 0.277 e. The minimum atomic E-state index is -0.240. The Kier molecular flexibility index (Phi) is 3.86. The van der Waals surface area contributed by atoms with Crippen molar-refractivity contribution in [3.63, 3.8) is 0 Å². The van der Waals surface area contributed by atoms with E-state index in [0.29, 0.717) is 9.89 Å². The van der Waals surface area contributed by atoms with Crippen LogP contribution in [0.15, 0.2) is 21.7 Å². The molecule has 0 saturated heterocycles. The van der Waals surface area contributed by atoms with Crippen molar-refractivity contribution < 1.29 is 4.39 Å². The van der Waals surface area contributed by atoms with E-state index in [0.717, 1.165) is 22.1 Å². The van der Waals surface area contributed by atoms with Gasteiger partial charge in [-0.2, -0.15) is 5.10 Å². The van der Waals surface area contributed by atoms with E-state index in [9.17, 15) is 4.39 Å². The summed E-state index contributed by atoms with van der Waals surface area (Å²) >= 11 is 5.32. The molecule has 2 fully saturated rings. The molecule has 0 aromatic heterocycles. The van der Waals surface area contributed by atoms with Gasteiger partial charge in [0.1, 0.15) is 5.82 Å². The standard InChI is InChI=1S/C14H15BrFIN2/c15-10-7-13(12(17)8-11(10)16)19-18-9-1-3-14(4-2-9)5-6-14/h7-8,19H,1-6H2. The molecule has 5 heteroatoms. The Labute approximate surface area is 134 Å². The summed E-state index contributed by atoms with van der Waals surface area (Å²) in [5.74, 6) is -0.240. The van der Waals surface area contributed by atoms with E-state index in [4.69, 9.17) is 0 Å². The van der Waals surface area contributed by atoms with Crippen LogP contribution in [0.2, 0.25) is 0 Å². The van der Waals surface area contributed by atoms with Crippen molar-refractivity contribution in [3.8, 4) is 0 Å². The molecule has 0 bridgehead atoms. The van der Waals surface area contributed by atoms with Crippen LogP contribution in [0.25, 0.3) is 0 Å². The van der Waals surface area contributed by atoms with Crippen LogP contribution in [0, 0.1) is 14.8 Å². The number of hydrogen-bond donors (Lipinski definition) is 1. The lowest BCUT2D eigenvalue weighted by atomic mass is 9.85. The molecule has 2 saturated carbocycles. The molecule has 2 nitrogen and oxygen atoms in total.